The number of nitrogens with one attached hydrogen (secondary N) is 1. The maximum atomic E-state index is 11.6. The lowest BCUT2D eigenvalue weighted by Gasteiger charge is -2.17. The number of ether oxygens (including phenoxy) is 1. The first-order valence-corrected chi connectivity index (χ1v) is 5.82. The lowest BCUT2D eigenvalue weighted by Crippen LogP contribution is -2.42. The molecule has 0 fully saturated rings. The van der Waals surface area contributed by atoms with E-state index in [4.69, 9.17) is 10.00 Å². The highest BCUT2D eigenvalue weighted by Crippen LogP contribution is 2.12. The molecular weight excluding hydrogens is 228 g/mol. The molecule has 0 aliphatic heterocycles. The van der Waals surface area contributed by atoms with Gasteiger partial charge in [0.15, 0.2) is 0 Å². The van der Waals surface area contributed by atoms with E-state index in [1.54, 1.807) is 21.0 Å². The fourth-order valence-corrected chi connectivity index (χ4v) is 1.49. The van der Waals surface area contributed by atoms with E-state index in [2.05, 4.69) is 5.32 Å². The lowest BCUT2D eigenvalue weighted by atomic mass is 10.1. The summed E-state index contributed by atoms with van der Waals surface area (Å²) in [5, 5.41) is 11.5. The summed E-state index contributed by atoms with van der Waals surface area (Å²) in [6.45, 7) is 3.36. The summed E-state index contributed by atoms with van der Waals surface area (Å²) < 4.78 is 5.06. The van der Waals surface area contributed by atoms with Crippen LogP contribution in [0.5, 0.6) is 5.75 Å². The smallest absolute Gasteiger partial charge is 0.221 e. The summed E-state index contributed by atoms with van der Waals surface area (Å²) in [5.74, 6) is 0.686. The van der Waals surface area contributed by atoms with Crippen molar-refractivity contribution in [1.82, 2.24) is 5.32 Å². The highest BCUT2D eigenvalue weighted by atomic mass is 16.5. The van der Waals surface area contributed by atoms with Gasteiger partial charge < -0.3 is 10.1 Å². The molecular formula is C14H18N2O2. The molecule has 0 heterocycles. The van der Waals surface area contributed by atoms with E-state index in [0.717, 1.165) is 11.3 Å². The van der Waals surface area contributed by atoms with Gasteiger partial charge in [-0.3, -0.25) is 4.79 Å². The summed E-state index contributed by atoms with van der Waals surface area (Å²) in [6.07, 6.45) is 1.02. The fraction of sp³-hybridized carbons (Fsp3) is 0.429. The van der Waals surface area contributed by atoms with Gasteiger partial charge in [-0.1, -0.05) is 12.1 Å². The van der Waals surface area contributed by atoms with Crippen LogP contribution in [-0.4, -0.2) is 18.6 Å². The van der Waals surface area contributed by atoms with Gasteiger partial charge in [-0.25, -0.2) is 0 Å². The van der Waals surface area contributed by atoms with Gasteiger partial charge in [0.1, 0.15) is 11.3 Å². The molecule has 0 aromatic heterocycles. The Balaban J connectivity index is 2.45. The highest BCUT2D eigenvalue weighted by molar-refractivity contribution is 5.77. The molecule has 1 aromatic rings. The number of amides is 1. The lowest BCUT2D eigenvalue weighted by molar-refractivity contribution is -0.122. The first-order chi connectivity index (χ1) is 8.46. The van der Waals surface area contributed by atoms with Gasteiger partial charge in [-0.05, 0) is 38.0 Å². The minimum Gasteiger partial charge on any atom is -0.497 e. The van der Waals surface area contributed by atoms with Crippen molar-refractivity contribution in [2.75, 3.05) is 7.11 Å². The molecule has 4 heteroatoms. The molecule has 0 spiro atoms. The molecule has 18 heavy (non-hydrogen) atoms. The number of nitrogens with zero attached hydrogens (tertiary/aromatic N) is 1. The number of rotatable bonds is 5. The van der Waals surface area contributed by atoms with E-state index in [-0.39, 0.29) is 5.91 Å². The number of hydrogen-bond donors (Lipinski definition) is 1. The molecule has 4 nitrogen and oxygen atoms in total. The SMILES string of the molecule is COc1ccc(CCC(=O)NC(C)(C)C#N)cc1. The Labute approximate surface area is 108 Å². The van der Waals surface area contributed by atoms with Crippen molar-refractivity contribution in [3.05, 3.63) is 29.8 Å². The van der Waals surface area contributed by atoms with E-state index < -0.39 is 5.54 Å². The predicted octanol–water partition coefficient (Wildman–Crippen LogP) is 2.05. The molecule has 0 radical (unpaired) electrons. The van der Waals surface area contributed by atoms with Gasteiger partial charge in [0.2, 0.25) is 5.91 Å². The van der Waals surface area contributed by atoms with Crippen molar-refractivity contribution in [2.24, 2.45) is 0 Å². The molecule has 1 N–H and O–H groups in total. The minimum absolute atomic E-state index is 0.114. The van der Waals surface area contributed by atoms with Gasteiger partial charge in [0, 0.05) is 6.42 Å². The Hall–Kier alpha value is -2.02. The largest absolute Gasteiger partial charge is 0.497 e. The van der Waals surface area contributed by atoms with Gasteiger partial charge in [0.25, 0.3) is 0 Å². The molecule has 0 atom stereocenters. The second-order valence-electron chi connectivity index (χ2n) is 4.63. The van der Waals surface area contributed by atoms with E-state index in [9.17, 15) is 4.79 Å². The zero-order valence-corrected chi connectivity index (χ0v) is 11.0. The first kappa shape index (κ1) is 14.0. The van der Waals surface area contributed by atoms with Crippen molar-refractivity contribution in [2.45, 2.75) is 32.2 Å². The number of benzene rings is 1. The quantitative estimate of drug-likeness (QED) is 0.864. The van der Waals surface area contributed by atoms with Crippen molar-refractivity contribution >= 4 is 5.91 Å². The average molecular weight is 246 g/mol. The van der Waals surface area contributed by atoms with Gasteiger partial charge in [-0.2, -0.15) is 5.26 Å². The van der Waals surface area contributed by atoms with Crippen molar-refractivity contribution in [3.8, 4) is 11.8 Å². The summed E-state index contributed by atoms with van der Waals surface area (Å²) in [4.78, 5) is 11.6. The summed E-state index contributed by atoms with van der Waals surface area (Å²) in [5.41, 5.74) is 0.262. The highest BCUT2D eigenvalue weighted by Gasteiger charge is 2.18. The third-order valence-electron chi connectivity index (χ3n) is 2.53. The van der Waals surface area contributed by atoms with E-state index in [0.29, 0.717) is 12.8 Å². The Kier molecular flexibility index (Phi) is 4.73. The Morgan fingerprint density at radius 3 is 2.50 bits per heavy atom. The number of methoxy groups -OCH3 is 1. The standard InChI is InChI=1S/C14H18N2O2/c1-14(2,10-15)16-13(17)9-6-11-4-7-12(18-3)8-5-11/h4-5,7-8H,6,9H2,1-3H3,(H,16,17). The Bertz CT molecular complexity index is 444. The van der Waals surface area contributed by atoms with Crippen LogP contribution in [0.2, 0.25) is 0 Å². The van der Waals surface area contributed by atoms with Crippen LogP contribution < -0.4 is 10.1 Å². The molecule has 1 aromatic carbocycles. The van der Waals surface area contributed by atoms with Crippen molar-refractivity contribution in [1.29, 1.82) is 5.26 Å². The Morgan fingerprint density at radius 2 is 2.00 bits per heavy atom. The summed E-state index contributed by atoms with van der Waals surface area (Å²) in [7, 11) is 1.62. The average Bonchev–Trinajstić information content (AvgIpc) is 2.36. The number of carbonyl (C=O) groups excluding carboxylic acids is 1. The van der Waals surface area contributed by atoms with Gasteiger partial charge >= 0.3 is 0 Å². The fourth-order valence-electron chi connectivity index (χ4n) is 1.49. The van der Waals surface area contributed by atoms with Crippen LogP contribution in [0.3, 0.4) is 0 Å². The molecule has 0 bridgehead atoms. The summed E-state index contributed by atoms with van der Waals surface area (Å²) >= 11 is 0. The minimum atomic E-state index is -0.809. The molecule has 0 aliphatic carbocycles. The van der Waals surface area contributed by atoms with Crippen LogP contribution in [0.1, 0.15) is 25.8 Å². The number of hydrogen-bond acceptors (Lipinski definition) is 3. The molecule has 0 unspecified atom stereocenters. The van der Waals surface area contributed by atoms with E-state index in [1.165, 1.54) is 0 Å². The third-order valence-corrected chi connectivity index (χ3v) is 2.53. The molecule has 0 saturated heterocycles. The van der Waals surface area contributed by atoms with Crippen LogP contribution in [0.15, 0.2) is 24.3 Å². The monoisotopic (exact) mass is 246 g/mol. The van der Waals surface area contributed by atoms with Crippen LogP contribution in [0, 0.1) is 11.3 Å². The number of nitriles is 1. The van der Waals surface area contributed by atoms with E-state index >= 15 is 0 Å². The van der Waals surface area contributed by atoms with E-state index in [1.807, 2.05) is 30.3 Å². The third kappa shape index (κ3) is 4.46. The Morgan fingerprint density at radius 1 is 1.39 bits per heavy atom. The summed E-state index contributed by atoms with van der Waals surface area (Å²) in [6, 6.07) is 9.64. The predicted molar refractivity (Wildman–Crippen MR) is 69.1 cm³/mol. The van der Waals surface area contributed by atoms with Gasteiger partial charge in [-0.15, -0.1) is 0 Å². The first-order valence-electron chi connectivity index (χ1n) is 5.82. The molecule has 96 valence electrons. The van der Waals surface area contributed by atoms with Crippen LogP contribution in [0.25, 0.3) is 0 Å². The maximum Gasteiger partial charge on any atom is 0.221 e. The van der Waals surface area contributed by atoms with Crippen LogP contribution in [-0.2, 0) is 11.2 Å². The number of aryl methyl sites for hydroxylation is 1. The zero-order valence-electron chi connectivity index (χ0n) is 11.0. The zero-order chi connectivity index (χ0) is 13.6. The molecule has 1 amide bonds. The molecule has 0 saturated carbocycles. The topological polar surface area (TPSA) is 62.1 Å². The van der Waals surface area contributed by atoms with Crippen molar-refractivity contribution < 1.29 is 9.53 Å². The van der Waals surface area contributed by atoms with Gasteiger partial charge in [0.05, 0.1) is 13.2 Å². The number of carbonyl (C=O) groups is 1. The normalized spacial score (nSPS) is 10.6. The molecule has 0 aliphatic rings. The van der Waals surface area contributed by atoms with Crippen LogP contribution >= 0.6 is 0 Å². The second-order valence-corrected chi connectivity index (χ2v) is 4.63. The van der Waals surface area contributed by atoms with Crippen LogP contribution in [0.4, 0.5) is 0 Å². The molecule has 1 rings (SSSR count). The maximum absolute atomic E-state index is 11.6. The second kappa shape index (κ2) is 6.06. The van der Waals surface area contributed by atoms with Crippen molar-refractivity contribution in [3.63, 3.8) is 0 Å².